The minimum atomic E-state index is -1.13. The molecule has 3 fully saturated rings. The fourth-order valence-corrected chi connectivity index (χ4v) is 7.14. The number of hydrogen-bond acceptors (Lipinski definition) is 9. The molecule has 10 heteroatoms. The second-order valence-corrected chi connectivity index (χ2v) is 10.9. The van der Waals surface area contributed by atoms with Crippen LogP contribution in [-0.4, -0.2) is 36.2 Å². The lowest BCUT2D eigenvalue weighted by atomic mass is 9.43. The minimum Gasteiger partial charge on any atom is -0.490 e. The van der Waals surface area contributed by atoms with Gasteiger partial charge in [0, 0.05) is 29.9 Å². The first-order valence-corrected chi connectivity index (χ1v) is 12.5. The Morgan fingerprint density at radius 1 is 1.27 bits per heavy atom. The third-order valence-corrected chi connectivity index (χ3v) is 8.75. The number of esters is 1. The van der Waals surface area contributed by atoms with Crippen molar-refractivity contribution in [3.05, 3.63) is 48.3 Å². The lowest BCUT2D eigenvalue weighted by Crippen LogP contribution is -2.63. The van der Waals surface area contributed by atoms with E-state index >= 15 is 0 Å². The van der Waals surface area contributed by atoms with Crippen molar-refractivity contribution in [1.82, 2.24) is 5.16 Å². The summed E-state index contributed by atoms with van der Waals surface area (Å²) in [6, 6.07) is 3.38. The molecule has 7 atom stereocenters. The van der Waals surface area contributed by atoms with Crippen molar-refractivity contribution in [2.75, 3.05) is 12.4 Å². The van der Waals surface area contributed by atoms with Crippen LogP contribution in [0.25, 0.3) is 0 Å². The van der Waals surface area contributed by atoms with Crippen LogP contribution in [0.1, 0.15) is 57.0 Å². The van der Waals surface area contributed by atoms with Crippen molar-refractivity contribution in [1.29, 1.82) is 0 Å². The summed E-state index contributed by atoms with van der Waals surface area (Å²) in [6.45, 7) is 9.95. The summed E-state index contributed by atoms with van der Waals surface area (Å²) in [5, 5.41) is 6.22. The Morgan fingerprint density at radius 2 is 2.05 bits per heavy atom. The van der Waals surface area contributed by atoms with E-state index in [0.29, 0.717) is 24.4 Å². The number of Topliss-reactive ketones (excluding diaryl/α,β-unsaturated/α-hetero) is 1. The van der Waals surface area contributed by atoms with Crippen molar-refractivity contribution in [2.24, 2.45) is 28.6 Å². The van der Waals surface area contributed by atoms with Gasteiger partial charge in [-0.3, -0.25) is 14.9 Å². The number of ketones is 1. The number of aryl methyl sites for hydroxylation is 1. The minimum absolute atomic E-state index is 0.0487. The van der Waals surface area contributed by atoms with Crippen LogP contribution in [0.2, 0.25) is 0 Å². The summed E-state index contributed by atoms with van der Waals surface area (Å²) in [7, 11) is 1.34. The molecule has 0 bridgehead atoms. The second-order valence-electron chi connectivity index (χ2n) is 10.9. The number of anilines is 1. The fourth-order valence-electron chi connectivity index (χ4n) is 7.14. The molecular formula is C27H32N2O8. The quantitative estimate of drug-likeness (QED) is 0.564. The van der Waals surface area contributed by atoms with Gasteiger partial charge in [0.05, 0.1) is 31.3 Å². The third kappa shape index (κ3) is 4.12. The predicted molar refractivity (Wildman–Crippen MR) is 129 cm³/mol. The van der Waals surface area contributed by atoms with Gasteiger partial charge in [0.25, 0.3) is 0 Å². The highest BCUT2D eigenvalue weighted by Crippen LogP contribution is 2.66. The first-order valence-electron chi connectivity index (χ1n) is 12.5. The number of carbonyl (C=O) groups excluding carboxylic acids is 3. The Balaban J connectivity index is 1.49. The molecule has 2 saturated carbocycles. The number of ether oxygens (including phenoxy) is 3. The lowest BCUT2D eigenvalue weighted by Gasteiger charge is -2.62. The zero-order valence-electron chi connectivity index (χ0n) is 21.4. The topological polar surface area (TPSA) is 130 Å². The van der Waals surface area contributed by atoms with Gasteiger partial charge >= 0.3 is 12.1 Å². The average Bonchev–Trinajstić information content (AvgIpc) is 3.51. The van der Waals surface area contributed by atoms with Crippen LogP contribution in [0.3, 0.4) is 0 Å². The maximum atomic E-state index is 14.2. The molecule has 0 aromatic carbocycles. The Kier molecular flexibility index (Phi) is 6.16. The Hall–Kier alpha value is -3.56. The van der Waals surface area contributed by atoms with E-state index in [4.69, 9.17) is 23.2 Å². The van der Waals surface area contributed by atoms with Gasteiger partial charge in [-0.15, -0.1) is 0 Å². The molecule has 1 N–H and O–H groups in total. The third-order valence-electron chi connectivity index (χ3n) is 8.75. The molecule has 2 aromatic heterocycles. The monoisotopic (exact) mass is 512 g/mol. The second kappa shape index (κ2) is 9.08. The standard InChI is InChI=1S/C27H32N2O8/c1-14-10-21(29-37-14)28-25(32)36-19-11-18(24(31)33-5)26(3)8-6-17-15(2)35-20(16-7-9-34-13-16)12-27(17,4)23(26)22(19)30/h7,9-10,13,17-20,23H,2,6,8,11-12H2,1,3-5H3,(H,28,29,32)/t17-,18-,19-,20-,23-,26-,27-/m0/s1. The van der Waals surface area contributed by atoms with Crippen molar-refractivity contribution in [3.8, 4) is 0 Å². The number of fused-ring (bicyclic) bond motifs is 3. The van der Waals surface area contributed by atoms with E-state index in [0.717, 1.165) is 12.0 Å². The van der Waals surface area contributed by atoms with Gasteiger partial charge in [-0.05, 0) is 43.1 Å². The predicted octanol–water partition coefficient (Wildman–Crippen LogP) is 4.97. The molecule has 0 unspecified atom stereocenters. The SMILES string of the molecule is C=C1O[C@H](c2ccoc2)C[C@]2(C)[C@H]3C(=O)[C@@H](OC(=O)Nc4cc(C)on4)C[C@@H](C(=O)OC)[C@]3(C)CC[C@@H]12. The normalized spacial score (nSPS) is 35.1. The number of allylic oxidation sites excluding steroid dienone is 1. The summed E-state index contributed by atoms with van der Waals surface area (Å²) < 4.78 is 27.3. The molecule has 3 aliphatic rings. The van der Waals surface area contributed by atoms with Crippen LogP contribution in [0.15, 0.2) is 45.9 Å². The van der Waals surface area contributed by atoms with Crippen LogP contribution < -0.4 is 5.32 Å². The number of furan rings is 1. The van der Waals surface area contributed by atoms with Gasteiger partial charge in [0.1, 0.15) is 11.9 Å². The van der Waals surface area contributed by atoms with Gasteiger partial charge in [-0.2, -0.15) is 0 Å². The van der Waals surface area contributed by atoms with Crippen LogP contribution in [0.5, 0.6) is 0 Å². The Labute approximate surface area is 214 Å². The van der Waals surface area contributed by atoms with E-state index < -0.39 is 40.8 Å². The van der Waals surface area contributed by atoms with Crippen molar-refractivity contribution in [3.63, 3.8) is 0 Å². The first kappa shape index (κ1) is 25.1. The summed E-state index contributed by atoms with van der Waals surface area (Å²) in [5.41, 5.74) is -0.431. The smallest absolute Gasteiger partial charge is 0.413 e. The zero-order chi connectivity index (χ0) is 26.5. The molecule has 0 radical (unpaired) electrons. The number of carbonyl (C=O) groups is 3. The van der Waals surface area contributed by atoms with Gasteiger partial charge in [-0.25, -0.2) is 4.79 Å². The largest absolute Gasteiger partial charge is 0.490 e. The van der Waals surface area contributed by atoms with Crippen LogP contribution >= 0.6 is 0 Å². The maximum Gasteiger partial charge on any atom is 0.413 e. The number of amides is 1. The summed E-state index contributed by atoms with van der Waals surface area (Å²) in [4.78, 5) is 40.0. The van der Waals surface area contributed by atoms with E-state index in [1.54, 1.807) is 19.5 Å². The van der Waals surface area contributed by atoms with Crippen molar-refractivity contribution < 1.29 is 37.5 Å². The molecular weight excluding hydrogens is 480 g/mol. The summed E-state index contributed by atoms with van der Waals surface area (Å²) >= 11 is 0. The molecule has 198 valence electrons. The van der Waals surface area contributed by atoms with Crippen molar-refractivity contribution in [2.45, 2.75) is 58.7 Å². The number of hydrogen-bond donors (Lipinski definition) is 1. The van der Waals surface area contributed by atoms with Crippen LogP contribution in [0.4, 0.5) is 10.6 Å². The molecule has 5 rings (SSSR count). The molecule has 3 heterocycles. The molecule has 2 aliphatic carbocycles. The van der Waals surface area contributed by atoms with Gasteiger partial charge in [0.15, 0.2) is 17.7 Å². The molecule has 1 amide bonds. The highest BCUT2D eigenvalue weighted by atomic mass is 16.6. The average molecular weight is 513 g/mol. The van der Waals surface area contributed by atoms with Crippen LogP contribution in [-0.2, 0) is 23.8 Å². The lowest BCUT2D eigenvalue weighted by molar-refractivity contribution is -0.193. The van der Waals surface area contributed by atoms with Crippen molar-refractivity contribution >= 4 is 23.7 Å². The Morgan fingerprint density at radius 3 is 2.70 bits per heavy atom. The molecule has 2 aromatic rings. The first-order chi connectivity index (χ1) is 17.6. The number of methoxy groups -OCH3 is 1. The van der Waals surface area contributed by atoms with Gasteiger partial charge < -0.3 is 23.2 Å². The molecule has 0 spiro atoms. The van der Waals surface area contributed by atoms with Crippen LogP contribution in [0, 0.1) is 35.5 Å². The highest BCUT2D eigenvalue weighted by molar-refractivity contribution is 5.93. The fraction of sp³-hybridized carbons (Fsp3) is 0.556. The number of aromatic nitrogens is 1. The van der Waals surface area contributed by atoms with E-state index in [1.165, 1.54) is 13.2 Å². The summed E-state index contributed by atoms with van der Waals surface area (Å²) in [6.07, 6.45) is 2.79. The number of rotatable bonds is 4. The van der Waals surface area contributed by atoms with E-state index in [1.807, 2.05) is 13.0 Å². The van der Waals surface area contributed by atoms with E-state index in [-0.39, 0.29) is 30.0 Å². The maximum absolute atomic E-state index is 14.2. The van der Waals surface area contributed by atoms with Gasteiger partial charge in [0.2, 0.25) is 0 Å². The number of nitrogens with zero attached hydrogens (tertiary/aromatic N) is 1. The highest BCUT2D eigenvalue weighted by Gasteiger charge is 2.66. The zero-order valence-corrected chi connectivity index (χ0v) is 21.4. The molecule has 1 saturated heterocycles. The number of nitrogens with one attached hydrogen (secondary N) is 1. The molecule has 10 nitrogen and oxygen atoms in total. The Bertz CT molecular complexity index is 1220. The molecule has 1 aliphatic heterocycles. The van der Waals surface area contributed by atoms with E-state index in [9.17, 15) is 14.4 Å². The van der Waals surface area contributed by atoms with E-state index in [2.05, 4.69) is 24.0 Å². The van der Waals surface area contributed by atoms with Gasteiger partial charge in [-0.1, -0.05) is 25.6 Å². The molecule has 37 heavy (non-hydrogen) atoms. The summed E-state index contributed by atoms with van der Waals surface area (Å²) in [5.74, 6) is -0.643.